The Labute approximate surface area is 156 Å². The minimum Gasteiger partial charge on any atom is -0.494 e. The summed E-state index contributed by atoms with van der Waals surface area (Å²) >= 11 is 6.19. The fourth-order valence-electron chi connectivity index (χ4n) is 2.22. The number of nitrogens with one attached hydrogen (secondary N) is 1. The van der Waals surface area contributed by atoms with Gasteiger partial charge in [-0.25, -0.2) is 4.39 Å². The van der Waals surface area contributed by atoms with Crippen LogP contribution in [-0.4, -0.2) is 26.7 Å². The van der Waals surface area contributed by atoms with Gasteiger partial charge in [-0.05, 0) is 42.8 Å². The van der Waals surface area contributed by atoms with E-state index in [1.807, 2.05) is 6.92 Å². The average Bonchev–Trinajstić information content (AvgIpc) is 2.62. The Balaban J connectivity index is 2.12. The molecule has 0 aromatic heterocycles. The maximum Gasteiger partial charge on any atom is 0.248 e. The topological polar surface area (TPSA) is 56.8 Å². The number of halogens is 2. The summed E-state index contributed by atoms with van der Waals surface area (Å²) in [5.41, 5.74) is 0.978. The summed E-state index contributed by atoms with van der Waals surface area (Å²) in [6.07, 6.45) is 2.88. The van der Waals surface area contributed by atoms with Gasteiger partial charge in [0.1, 0.15) is 0 Å². The molecule has 0 radical (unpaired) electrons. The summed E-state index contributed by atoms with van der Waals surface area (Å²) in [5, 5.41) is 2.95. The molecule has 0 aliphatic rings. The Morgan fingerprint density at radius 2 is 1.92 bits per heavy atom. The fraction of sp³-hybridized carbons (Fsp3) is 0.211. The maximum atomic E-state index is 13.6. The van der Waals surface area contributed by atoms with Gasteiger partial charge < -0.3 is 19.5 Å². The lowest BCUT2D eigenvalue weighted by atomic mass is 10.2. The minimum atomic E-state index is -0.558. The highest BCUT2D eigenvalue weighted by molar-refractivity contribution is 6.32. The molecule has 2 rings (SSSR count). The molecule has 0 fully saturated rings. The molecule has 0 unspecified atom stereocenters. The highest BCUT2D eigenvalue weighted by Crippen LogP contribution is 2.36. The van der Waals surface area contributed by atoms with E-state index in [4.69, 9.17) is 25.8 Å². The van der Waals surface area contributed by atoms with Crippen molar-refractivity contribution < 1.29 is 23.4 Å². The van der Waals surface area contributed by atoms with Crippen molar-refractivity contribution in [2.24, 2.45) is 0 Å². The first-order chi connectivity index (χ1) is 12.5. The number of benzene rings is 2. The van der Waals surface area contributed by atoms with Gasteiger partial charge in [0, 0.05) is 17.8 Å². The van der Waals surface area contributed by atoms with Crippen LogP contribution in [0.5, 0.6) is 17.2 Å². The highest BCUT2D eigenvalue weighted by atomic mass is 35.5. The molecule has 0 saturated carbocycles. The third-order valence-corrected chi connectivity index (χ3v) is 3.67. The van der Waals surface area contributed by atoms with E-state index in [9.17, 15) is 9.18 Å². The third kappa shape index (κ3) is 4.89. The van der Waals surface area contributed by atoms with E-state index >= 15 is 0 Å². The van der Waals surface area contributed by atoms with Gasteiger partial charge in [0.2, 0.25) is 5.91 Å². The Hall–Kier alpha value is -2.73. The number of ether oxygens (including phenoxy) is 3. The summed E-state index contributed by atoms with van der Waals surface area (Å²) in [4.78, 5) is 12.0. The van der Waals surface area contributed by atoms with Crippen LogP contribution in [-0.2, 0) is 4.79 Å². The molecule has 0 saturated heterocycles. The lowest BCUT2D eigenvalue weighted by Gasteiger charge is -2.11. The molecule has 0 spiro atoms. The second kappa shape index (κ2) is 9.10. The molecule has 1 amide bonds. The minimum absolute atomic E-state index is 0.106. The fourth-order valence-corrected chi connectivity index (χ4v) is 2.49. The molecule has 2 aromatic rings. The quantitative estimate of drug-likeness (QED) is 0.717. The summed E-state index contributed by atoms with van der Waals surface area (Å²) in [6, 6.07) is 7.52. The van der Waals surface area contributed by atoms with Gasteiger partial charge in [0.25, 0.3) is 0 Å². The summed E-state index contributed by atoms with van der Waals surface area (Å²) in [6.45, 7) is 2.29. The van der Waals surface area contributed by atoms with Crippen LogP contribution in [0.4, 0.5) is 10.1 Å². The number of carbonyl (C=O) groups is 1. The summed E-state index contributed by atoms with van der Waals surface area (Å²) < 4.78 is 29.2. The van der Waals surface area contributed by atoms with Crippen LogP contribution in [0, 0.1) is 5.82 Å². The van der Waals surface area contributed by atoms with Gasteiger partial charge in [-0.2, -0.15) is 0 Å². The van der Waals surface area contributed by atoms with Crippen molar-refractivity contribution in [2.75, 3.05) is 26.1 Å². The van der Waals surface area contributed by atoms with E-state index in [2.05, 4.69) is 5.32 Å². The van der Waals surface area contributed by atoms with E-state index in [1.54, 1.807) is 24.3 Å². The van der Waals surface area contributed by atoms with Gasteiger partial charge in [0.05, 0.1) is 25.8 Å². The molecule has 26 heavy (non-hydrogen) atoms. The zero-order valence-electron chi connectivity index (χ0n) is 14.6. The molecule has 0 atom stereocenters. The number of methoxy groups -OCH3 is 2. The summed E-state index contributed by atoms with van der Waals surface area (Å²) in [7, 11) is 2.88. The van der Waals surface area contributed by atoms with Crippen molar-refractivity contribution in [2.45, 2.75) is 6.92 Å². The Morgan fingerprint density at radius 1 is 1.19 bits per heavy atom. The van der Waals surface area contributed by atoms with E-state index in [0.29, 0.717) is 34.4 Å². The van der Waals surface area contributed by atoms with Gasteiger partial charge in [0.15, 0.2) is 23.1 Å². The average molecular weight is 380 g/mol. The van der Waals surface area contributed by atoms with Crippen molar-refractivity contribution in [3.05, 3.63) is 52.8 Å². The van der Waals surface area contributed by atoms with E-state index in [1.165, 1.54) is 32.4 Å². The molecule has 2 aromatic carbocycles. The number of carbonyl (C=O) groups excluding carboxylic acids is 1. The second-order valence-electron chi connectivity index (χ2n) is 5.14. The van der Waals surface area contributed by atoms with Gasteiger partial charge in [-0.15, -0.1) is 0 Å². The van der Waals surface area contributed by atoms with Gasteiger partial charge >= 0.3 is 0 Å². The van der Waals surface area contributed by atoms with E-state index < -0.39 is 11.7 Å². The van der Waals surface area contributed by atoms with Gasteiger partial charge in [-0.1, -0.05) is 11.6 Å². The molecule has 0 aliphatic carbocycles. The number of hydrogen-bond acceptors (Lipinski definition) is 4. The first kappa shape index (κ1) is 19.6. The van der Waals surface area contributed by atoms with Gasteiger partial charge in [-0.3, -0.25) is 4.79 Å². The van der Waals surface area contributed by atoms with Crippen molar-refractivity contribution >= 4 is 29.3 Å². The second-order valence-corrected chi connectivity index (χ2v) is 5.55. The highest BCUT2D eigenvalue weighted by Gasteiger charge is 2.11. The molecule has 5 nitrogen and oxygen atoms in total. The van der Waals surface area contributed by atoms with Crippen molar-refractivity contribution in [3.8, 4) is 17.2 Å². The molecular formula is C19H19ClFNO4. The molecular weight excluding hydrogens is 361 g/mol. The van der Waals surface area contributed by atoms with E-state index in [0.717, 1.165) is 0 Å². The van der Waals surface area contributed by atoms with Crippen LogP contribution < -0.4 is 19.5 Å². The predicted molar refractivity (Wildman–Crippen MR) is 99.8 cm³/mol. The SMILES string of the molecule is CCOc1c(Cl)cc(/C=C/C(=O)Nc2ccc(OC)c(F)c2)cc1OC. The standard InChI is InChI=1S/C19H19ClFNO4/c1-4-26-19-14(20)9-12(10-17(19)25-3)5-8-18(23)22-13-6-7-16(24-2)15(21)11-13/h5-11H,4H2,1-3H3,(H,22,23)/b8-5+. The first-order valence-electron chi connectivity index (χ1n) is 7.81. The molecule has 1 N–H and O–H groups in total. The smallest absolute Gasteiger partial charge is 0.248 e. The number of anilines is 1. The van der Waals surface area contributed by atoms with Crippen LogP contribution >= 0.6 is 11.6 Å². The van der Waals surface area contributed by atoms with Crippen molar-refractivity contribution in [1.82, 2.24) is 0 Å². The zero-order chi connectivity index (χ0) is 19.1. The lowest BCUT2D eigenvalue weighted by Crippen LogP contribution is -2.08. The first-order valence-corrected chi connectivity index (χ1v) is 8.19. The predicted octanol–water partition coefficient (Wildman–Crippen LogP) is 4.55. The van der Waals surface area contributed by atoms with Crippen LogP contribution in [0.25, 0.3) is 6.08 Å². The number of rotatable bonds is 7. The number of hydrogen-bond donors (Lipinski definition) is 1. The monoisotopic (exact) mass is 379 g/mol. The van der Waals surface area contributed by atoms with Crippen molar-refractivity contribution in [1.29, 1.82) is 0 Å². The lowest BCUT2D eigenvalue weighted by molar-refractivity contribution is -0.111. The number of amides is 1. The van der Waals surface area contributed by atoms with Crippen LogP contribution in [0.1, 0.15) is 12.5 Å². The Morgan fingerprint density at radius 3 is 2.54 bits per heavy atom. The van der Waals surface area contributed by atoms with Crippen LogP contribution in [0.3, 0.4) is 0 Å². The molecule has 0 heterocycles. The van der Waals surface area contributed by atoms with Crippen LogP contribution in [0.15, 0.2) is 36.4 Å². The molecule has 138 valence electrons. The van der Waals surface area contributed by atoms with Crippen molar-refractivity contribution in [3.63, 3.8) is 0 Å². The Kier molecular flexibility index (Phi) is 6.86. The molecule has 7 heteroatoms. The molecule has 0 bridgehead atoms. The maximum absolute atomic E-state index is 13.6. The van der Waals surface area contributed by atoms with Crippen LogP contribution in [0.2, 0.25) is 5.02 Å². The third-order valence-electron chi connectivity index (χ3n) is 3.39. The normalized spacial score (nSPS) is 10.7. The Bertz CT molecular complexity index is 823. The van der Waals surface area contributed by atoms with E-state index in [-0.39, 0.29) is 5.75 Å². The molecule has 0 aliphatic heterocycles. The largest absolute Gasteiger partial charge is 0.494 e. The summed E-state index contributed by atoms with van der Waals surface area (Å²) in [5.74, 6) is 0.0501. The zero-order valence-corrected chi connectivity index (χ0v) is 15.4.